The fourth-order valence-electron chi connectivity index (χ4n) is 2.43. The zero-order chi connectivity index (χ0) is 17.0. The second-order valence-corrected chi connectivity index (χ2v) is 5.65. The topological polar surface area (TPSA) is 90.1 Å². The van der Waals surface area contributed by atoms with Gasteiger partial charge in [0.2, 0.25) is 0 Å². The maximum absolute atomic E-state index is 12.3. The SMILES string of the molecule is Cc1c(C(=O)NCC(C)Cn2ccnc2C)cccc1[N+](=O)[O-]. The van der Waals surface area contributed by atoms with Gasteiger partial charge in [-0.2, -0.15) is 0 Å². The first-order valence-electron chi connectivity index (χ1n) is 7.40. The minimum absolute atomic E-state index is 0.0419. The average Bonchev–Trinajstić information content (AvgIpc) is 2.90. The lowest BCUT2D eigenvalue weighted by Crippen LogP contribution is -2.30. The highest BCUT2D eigenvalue weighted by Gasteiger charge is 2.18. The van der Waals surface area contributed by atoms with Crippen molar-refractivity contribution in [1.29, 1.82) is 0 Å². The van der Waals surface area contributed by atoms with Crippen LogP contribution >= 0.6 is 0 Å². The van der Waals surface area contributed by atoms with Crippen molar-refractivity contribution in [2.45, 2.75) is 27.3 Å². The molecule has 1 heterocycles. The van der Waals surface area contributed by atoms with Crippen LogP contribution in [0.2, 0.25) is 0 Å². The smallest absolute Gasteiger partial charge is 0.273 e. The second kappa shape index (κ2) is 7.04. The summed E-state index contributed by atoms with van der Waals surface area (Å²) in [6, 6.07) is 4.53. The van der Waals surface area contributed by atoms with Crippen LogP contribution in [0.3, 0.4) is 0 Å². The van der Waals surface area contributed by atoms with Crippen molar-refractivity contribution in [2.24, 2.45) is 5.92 Å². The molecular formula is C16H20N4O3. The second-order valence-electron chi connectivity index (χ2n) is 5.65. The molecule has 2 aromatic rings. The summed E-state index contributed by atoms with van der Waals surface area (Å²) < 4.78 is 2.02. The number of carbonyl (C=O) groups excluding carboxylic acids is 1. The molecule has 1 amide bonds. The van der Waals surface area contributed by atoms with E-state index in [2.05, 4.69) is 10.3 Å². The molecule has 0 saturated carbocycles. The van der Waals surface area contributed by atoms with Gasteiger partial charge < -0.3 is 9.88 Å². The Labute approximate surface area is 134 Å². The maximum Gasteiger partial charge on any atom is 0.273 e. The fraction of sp³-hybridized carbons (Fsp3) is 0.375. The van der Waals surface area contributed by atoms with Crippen LogP contribution in [0.15, 0.2) is 30.6 Å². The van der Waals surface area contributed by atoms with Gasteiger partial charge in [0.25, 0.3) is 11.6 Å². The summed E-state index contributed by atoms with van der Waals surface area (Å²) in [6.45, 7) is 6.78. The molecule has 0 aliphatic carbocycles. The largest absolute Gasteiger partial charge is 0.352 e. The normalized spacial score (nSPS) is 12.0. The molecule has 0 aliphatic rings. The van der Waals surface area contributed by atoms with E-state index in [0.29, 0.717) is 17.7 Å². The Morgan fingerprint density at radius 3 is 2.78 bits per heavy atom. The van der Waals surface area contributed by atoms with Crippen molar-refractivity contribution in [2.75, 3.05) is 6.54 Å². The van der Waals surface area contributed by atoms with Gasteiger partial charge in [0.1, 0.15) is 5.82 Å². The van der Waals surface area contributed by atoms with E-state index in [4.69, 9.17) is 0 Å². The van der Waals surface area contributed by atoms with Crippen molar-refractivity contribution in [3.05, 3.63) is 57.7 Å². The van der Waals surface area contributed by atoms with Gasteiger partial charge >= 0.3 is 0 Å². The molecule has 0 bridgehead atoms. The lowest BCUT2D eigenvalue weighted by molar-refractivity contribution is -0.385. The summed E-state index contributed by atoms with van der Waals surface area (Å²) in [4.78, 5) is 26.9. The molecule has 122 valence electrons. The minimum atomic E-state index is -0.476. The number of carbonyl (C=O) groups is 1. The quantitative estimate of drug-likeness (QED) is 0.655. The molecule has 0 fully saturated rings. The van der Waals surface area contributed by atoms with Gasteiger partial charge in [-0.1, -0.05) is 13.0 Å². The van der Waals surface area contributed by atoms with Gasteiger partial charge in [-0.15, -0.1) is 0 Å². The van der Waals surface area contributed by atoms with Crippen LogP contribution in [0.4, 0.5) is 5.69 Å². The number of aryl methyl sites for hydroxylation is 1. The van der Waals surface area contributed by atoms with Gasteiger partial charge in [0.05, 0.1) is 4.92 Å². The van der Waals surface area contributed by atoms with E-state index in [1.807, 2.05) is 24.6 Å². The Kier molecular flexibility index (Phi) is 5.10. The van der Waals surface area contributed by atoms with Crippen LogP contribution in [0.5, 0.6) is 0 Å². The van der Waals surface area contributed by atoms with Crippen molar-refractivity contribution in [3.63, 3.8) is 0 Å². The third kappa shape index (κ3) is 3.94. The molecule has 23 heavy (non-hydrogen) atoms. The van der Waals surface area contributed by atoms with E-state index >= 15 is 0 Å². The number of rotatable bonds is 6. The molecule has 7 heteroatoms. The van der Waals surface area contributed by atoms with Crippen molar-refractivity contribution < 1.29 is 9.72 Å². The monoisotopic (exact) mass is 316 g/mol. The first-order chi connectivity index (χ1) is 10.9. The Hall–Kier alpha value is -2.70. The molecule has 7 nitrogen and oxygen atoms in total. The molecule has 1 aromatic carbocycles. The molecular weight excluding hydrogens is 296 g/mol. The molecule has 0 spiro atoms. The summed E-state index contributed by atoms with van der Waals surface area (Å²) >= 11 is 0. The number of imidazole rings is 1. The summed E-state index contributed by atoms with van der Waals surface area (Å²) in [5.74, 6) is 0.851. The van der Waals surface area contributed by atoms with E-state index < -0.39 is 4.92 Å². The summed E-state index contributed by atoms with van der Waals surface area (Å²) in [6.07, 6.45) is 3.64. The highest BCUT2D eigenvalue weighted by atomic mass is 16.6. The number of nitrogens with one attached hydrogen (secondary N) is 1. The van der Waals surface area contributed by atoms with Gasteiger partial charge in [0.15, 0.2) is 0 Å². The molecule has 0 radical (unpaired) electrons. The highest BCUT2D eigenvalue weighted by molar-refractivity contribution is 5.96. The van der Waals surface area contributed by atoms with Crippen LogP contribution in [-0.2, 0) is 6.54 Å². The number of aromatic nitrogens is 2. The molecule has 1 N–H and O–H groups in total. The van der Waals surface area contributed by atoms with Crippen LogP contribution in [-0.4, -0.2) is 26.9 Å². The number of benzene rings is 1. The van der Waals surface area contributed by atoms with Crippen LogP contribution in [0.25, 0.3) is 0 Å². The first kappa shape index (κ1) is 16.7. The molecule has 0 aliphatic heterocycles. The van der Waals surface area contributed by atoms with E-state index in [1.54, 1.807) is 19.2 Å². The predicted octanol–water partition coefficient (Wildman–Crippen LogP) is 2.47. The first-order valence-corrected chi connectivity index (χ1v) is 7.40. The third-order valence-corrected chi connectivity index (χ3v) is 3.79. The number of hydrogen-bond donors (Lipinski definition) is 1. The van der Waals surface area contributed by atoms with E-state index in [9.17, 15) is 14.9 Å². The van der Waals surface area contributed by atoms with Crippen molar-refractivity contribution >= 4 is 11.6 Å². The van der Waals surface area contributed by atoms with Gasteiger partial charge in [-0.25, -0.2) is 4.98 Å². The summed E-state index contributed by atoms with van der Waals surface area (Å²) in [5, 5.41) is 13.8. The zero-order valence-electron chi connectivity index (χ0n) is 13.4. The minimum Gasteiger partial charge on any atom is -0.352 e. The molecule has 2 rings (SSSR count). The number of nitro benzene ring substituents is 1. The number of amides is 1. The number of nitro groups is 1. The molecule has 1 atom stereocenters. The van der Waals surface area contributed by atoms with E-state index in [0.717, 1.165) is 12.4 Å². The molecule has 1 unspecified atom stereocenters. The highest BCUT2D eigenvalue weighted by Crippen LogP contribution is 2.20. The Bertz CT molecular complexity index is 724. The summed E-state index contributed by atoms with van der Waals surface area (Å²) in [5.41, 5.74) is 0.679. The number of hydrogen-bond acceptors (Lipinski definition) is 4. The zero-order valence-corrected chi connectivity index (χ0v) is 13.4. The lowest BCUT2D eigenvalue weighted by Gasteiger charge is -2.15. The summed E-state index contributed by atoms with van der Waals surface area (Å²) in [7, 11) is 0. The fourth-order valence-corrected chi connectivity index (χ4v) is 2.43. The molecule has 0 saturated heterocycles. The van der Waals surface area contributed by atoms with E-state index in [-0.39, 0.29) is 17.5 Å². The maximum atomic E-state index is 12.3. The average molecular weight is 316 g/mol. The standard InChI is InChI=1S/C16H20N4O3/c1-11(10-19-8-7-17-13(19)3)9-18-16(21)14-5-4-6-15(12(14)2)20(22)23/h4-8,11H,9-10H2,1-3H3,(H,18,21). The Morgan fingerprint density at radius 2 is 2.17 bits per heavy atom. The lowest BCUT2D eigenvalue weighted by atomic mass is 10.1. The van der Waals surface area contributed by atoms with Gasteiger partial charge in [-0.3, -0.25) is 14.9 Å². The third-order valence-electron chi connectivity index (χ3n) is 3.79. The molecule has 1 aromatic heterocycles. The van der Waals surface area contributed by atoms with Crippen LogP contribution in [0.1, 0.15) is 28.7 Å². The van der Waals surface area contributed by atoms with Crippen LogP contribution < -0.4 is 5.32 Å². The van der Waals surface area contributed by atoms with Gasteiger partial charge in [0, 0.05) is 42.7 Å². The van der Waals surface area contributed by atoms with Crippen molar-refractivity contribution in [1.82, 2.24) is 14.9 Å². The van der Waals surface area contributed by atoms with E-state index in [1.165, 1.54) is 12.1 Å². The predicted molar refractivity (Wildman–Crippen MR) is 86.3 cm³/mol. The Morgan fingerprint density at radius 1 is 1.43 bits per heavy atom. The number of nitrogens with zero attached hydrogens (tertiary/aromatic N) is 3. The Balaban J connectivity index is 1.98. The van der Waals surface area contributed by atoms with Crippen LogP contribution in [0, 0.1) is 29.9 Å². The van der Waals surface area contributed by atoms with Crippen molar-refractivity contribution in [3.8, 4) is 0 Å². The van der Waals surface area contributed by atoms with Gasteiger partial charge in [-0.05, 0) is 25.8 Å².